The van der Waals surface area contributed by atoms with Gasteiger partial charge in [0.15, 0.2) is 0 Å². The highest BCUT2D eigenvalue weighted by Crippen LogP contribution is 2.43. The van der Waals surface area contributed by atoms with Crippen LogP contribution < -0.4 is 0 Å². The predicted molar refractivity (Wildman–Crippen MR) is 125 cm³/mol. The summed E-state index contributed by atoms with van der Waals surface area (Å²) < 4.78 is 0. The van der Waals surface area contributed by atoms with E-state index < -0.39 is 0 Å². The molecule has 1 fully saturated rings. The van der Waals surface area contributed by atoms with Gasteiger partial charge < -0.3 is 0 Å². The molecule has 2 heteroatoms. The van der Waals surface area contributed by atoms with E-state index in [9.17, 15) is 0 Å². The van der Waals surface area contributed by atoms with Crippen LogP contribution in [0.3, 0.4) is 0 Å². The van der Waals surface area contributed by atoms with Crippen LogP contribution in [0.5, 0.6) is 0 Å². The number of nitrogens with zero attached hydrogens (tertiary/aromatic N) is 2. The molecule has 1 heterocycles. The van der Waals surface area contributed by atoms with Crippen molar-refractivity contribution in [3.05, 3.63) is 106 Å². The molecule has 0 N–H and O–H groups in total. The average molecular weight is 397 g/mol. The van der Waals surface area contributed by atoms with E-state index in [0.717, 1.165) is 45.6 Å². The predicted octanol–water partition coefficient (Wildman–Crippen LogP) is 5.12. The Balaban J connectivity index is 1.40. The van der Waals surface area contributed by atoms with Crippen LogP contribution in [0, 0.1) is 13.8 Å². The quantitative estimate of drug-likeness (QED) is 0.604. The van der Waals surface area contributed by atoms with Crippen molar-refractivity contribution < 1.29 is 0 Å². The fourth-order valence-corrected chi connectivity index (χ4v) is 5.50. The van der Waals surface area contributed by atoms with E-state index in [0.29, 0.717) is 0 Å². The van der Waals surface area contributed by atoms with Crippen LogP contribution in [0.4, 0.5) is 0 Å². The van der Waals surface area contributed by atoms with Crippen molar-refractivity contribution in [3.63, 3.8) is 0 Å². The van der Waals surface area contributed by atoms with Crippen LogP contribution in [0.1, 0.15) is 33.4 Å². The third kappa shape index (κ3) is 3.71. The van der Waals surface area contributed by atoms with Crippen molar-refractivity contribution in [2.45, 2.75) is 38.8 Å². The molecule has 2 nitrogen and oxygen atoms in total. The summed E-state index contributed by atoms with van der Waals surface area (Å²) in [6, 6.07) is 27.2. The molecule has 5 rings (SSSR count). The SMILES string of the molecule is Cc1cccc(C2(N3CCN(Cc4ccccc4)CC3)Cc3ccc(C)cc3C2)c1. The van der Waals surface area contributed by atoms with Crippen molar-refractivity contribution in [1.29, 1.82) is 0 Å². The van der Waals surface area contributed by atoms with Crippen molar-refractivity contribution >= 4 is 0 Å². The Kier molecular flexibility index (Phi) is 5.22. The topological polar surface area (TPSA) is 6.48 Å². The fraction of sp³-hybridized carbons (Fsp3) is 0.357. The number of fused-ring (bicyclic) bond motifs is 1. The Morgan fingerprint density at radius 1 is 0.700 bits per heavy atom. The lowest BCUT2D eigenvalue weighted by atomic mass is 9.83. The second-order valence-electron chi connectivity index (χ2n) is 9.28. The maximum atomic E-state index is 2.79. The summed E-state index contributed by atoms with van der Waals surface area (Å²) >= 11 is 0. The number of hydrogen-bond acceptors (Lipinski definition) is 2. The molecular weight excluding hydrogens is 364 g/mol. The molecule has 0 spiro atoms. The van der Waals surface area contributed by atoms with Crippen molar-refractivity contribution in [2.24, 2.45) is 0 Å². The standard InChI is InChI=1S/C28H32N2/c1-22-7-6-10-27(18-22)28(19-25-12-11-23(2)17-26(25)20-28)30-15-13-29(14-16-30)21-24-8-4-3-5-9-24/h3-12,17-18H,13-16,19-21H2,1-2H3. The molecule has 1 saturated heterocycles. The summed E-state index contributed by atoms with van der Waals surface area (Å²) in [5, 5.41) is 0. The molecule has 0 radical (unpaired) electrons. The van der Waals surface area contributed by atoms with Crippen LogP contribution in [0.25, 0.3) is 0 Å². The van der Waals surface area contributed by atoms with Crippen molar-refractivity contribution in [2.75, 3.05) is 26.2 Å². The highest BCUT2D eigenvalue weighted by atomic mass is 15.3. The van der Waals surface area contributed by atoms with Crippen LogP contribution >= 0.6 is 0 Å². The Hall–Kier alpha value is -2.42. The second kappa shape index (κ2) is 8.02. The minimum absolute atomic E-state index is 0.0982. The summed E-state index contributed by atoms with van der Waals surface area (Å²) in [6.45, 7) is 10.0. The smallest absolute Gasteiger partial charge is 0.0542 e. The lowest BCUT2D eigenvalue weighted by molar-refractivity contribution is 0.0316. The Morgan fingerprint density at radius 2 is 1.43 bits per heavy atom. The zero-order chi connectivity index (χ0) is 20.6. The number of piperazine rings is 1. The molecule has 154 valence electrons. The van der Waals surface area contributed by atoms with Crippen LogP contribution in [-0.2, 0) is 24.9 Å². The summed E-state index contributed by atoms with van der Waals surface area (Å²) in [6.07, 6.45) is 2.26. The molecule has 0 bridgehead atoms. The van der Waals surface area contributed by atoms with Crippen molar-refractivity contribution in [3.8, 4) is 0 Å². The zero-order valence-corrected chi connectivity index (χ0v) is 18.3. The van der Waals surface area contributed by atoms with Gasteiger partial charge in [-0.05, 0) is 48.9 Å². The molecule has 0 amide bonds. The van der Waals surface area contributed by atoms with Crippen LogP contribution in [0.2, 0.25) is 0 Å². The van der Waals surface area contributed by atoms with Crippen LogP contribution in [0.15, 0.2) is 72.8 Å². The monoisotopic (exact) mass is 396 g/mol. The highest BCUT2D eigenvalue weighted by molar-refractivity contribution is 5.44. The van der Waals surface area contributed by atoms with E-state index in [1.165, 1.54) is 27.8 Å². The minimum Gasteiger partial charge on any atom is -0.297 e. The third-order valence-corrected chi connectivity index (χ3v) is 7.11. The maximum absolute atomic E-state index is 2.79. The summed E-state index contributed by atoms with van der Waals surface area (Å²) in [7, 11) is 0. The first kappa shape index (κ1) is 19.5. The normalized spacial score (nSPS) is 22.2. The van der Waals surface area contributed by atoms with Gasteiger partial charge in [0.2, 0.25) is 0 Å². The van der Waals surface area contributed by atoms with Gasteiger partial charge in [-0.15, -0.1) is 0 Å². The Morgan fingerprint density at radius 3 is 2.20 bits per heavy atom. The molecule has 2 aliphatic rings. The minimum atomic E-state index is 0.0982. The van der Waals surface area contributed by atoms with E-state index in [1.807, 2.05) is 0 Å². The van der Waals surface area contributed by atoms with Gasteiger partial charge in [0.05, 0.1) is 5.54 Å². The second-order valence-corrected chi connectivity index (χ2v) is 9.28. The Bertz CT molecular complexity index is 1020. The largest absolute Gasteiger partial charge is 0.297 e. The Labute approximate surface area is 181 Å². The van der Waals surface area contributed by atoms with E-state index in [4.69, 9.17) is 0 Å². The molecule has 1 atom stereocenters. The van der Waals surface area contributed by atoms with Gasteiger partial charge in [0.25, 0.3) is 0 Å². The van der Waals surface area contributed by atoms with Gasteiger partial charge >= 0.3 is 0 Å². The molecule has 3 aromatic carbocycles. The van der Waals surface area contributed by atoms with Crippen molar-refractivity contribution in [1.82, 2.24) is 9.80 Å². The maximum Gasteiger partial charge on any atom is 0.0542 e. The fourth-order valence-electron chi connectivity index (χ4n) is 5.50. The lowest BCUT2D eigenvalue weighted by Gasteiger charge is -2.46. The van der Waals surface area contributed by atoms with Gasteiger partial charge in [-0.25, -0.2) is 0 Å². The first-order valence-corrected chi connectivity index (χ1v) is 11.3. The molecule has 0 aromatic heterocycles. The zero-order valence-electron chi connectivity index (χ0n) is 18.3. The van der Waals surface area contributed by atoms with E-state index >= 15 is 0 Å². The first-order valence-electron chi connectivity index (χ1n) is 11.3. The average Bonchev–Trinajstić information content (AvgIpc) is 3.15. The molecular formula is C28H32N2. The molecule has 0 saturated carbocycles. The number of hydrogen-bond donors (Lipinski definition) is 0. The molecule has 3 aromatic rings. The van der Waals surface area contributed by atoms with E-state index in [2.05, 4.69) is 96.4 Å². The van der Waals surface area contributed by atoms with E-state index in [-0.39, 0.29) is 5.54 Å². The number of benzene rings is 3. The van der Waals surface area contributed by atoms with E-state index in [1.54, 1.807) is 5.56 Å². The van der Waals surface area contributed by atoms with Crippen LogP contribution in [-0.4, -0.2) is 36.0 Å². The summed E-state index contributed by atoms with van der Waals surface area (Å²) in [4.78, 5) is 5.40. The highest BCUT2D eigenvalue weighted by Gasteiger charge is 2.44. The molecule has 1 aliphatic heterocycles. The lowest BCUT2D eigenvalue weighted by Crippen LogP contribution is -2.55. The molecule has 1 unspecified atom stereocenters. The molecule has 30 heavy (non-hydrogen) atoms. The number of rotatable bonds is 4. The van der Waals surface area contributed by atoms with Gasteiger partial charge in [-0.1, -0.05) is 83.9 Å². The van der Waals surface area contributed by atoms with Gasteiger partial charge in [-0.2, -0.15) is 0 Å². The number of aryl methyl sites for hydroxylation is 2. The molecule has 1 aliphatic carbocycles. The van der Waals surface area contributed by atoms with Gasteiger partial charge in [-0.3, -0.25) is 9.80 Å². The van der Waals surface area contributed by atoms with Gasteiger partial charge in [0, 0.05) is 32.7 Å². The third-order valence-electron chi connectivity index (χ3n) is 7.11. The van der Waals surface area contributed by atoms with Gasteiger partial charge in [0.1, 0.15) is 0 Å². The first-order chi connectivity index (χ1) is 14.6. The summed E-state index contributed by atoms with van der Waals surface area (Å²) in [5.41, 5.74) is 8.83. The summed E-state index contributed by atoms with van der Waals surface area (Å²) in [5.74, 6) is 0.